The number of amides is 1. The molecule has 0 spiro atoms. The molecule has 2 rings (SSSR count). The molecule has 0 aliphatic carbocycles. The van der Waals surface area contributed by atoms with E-state index in [2.05, 4.69) is 24.2 Å². The van der Waals surface area contributed by atoms with Crippen LogP contribution in [0.25, 0.3) is 0 Å². The Hall–Kier alpha value is -1.75. The van der Waals surface area contributed by atoms with Crippen molar-refractivity contribution in [2.45, 2.75) is 38.3 Å². The molecule has 3 N–H and O–H groups in total. The number of primary amides is 1. The van der Waals surface area contributed by atoms with Crippen LogP contribution < -0.4 is 15.8 Å². The summed E-state index contributed by atoms with van der Waals surface area (Å²) in [6, 6.07) is 9.01. The molecule has 1 fully saturated rings. The fourth-order valence-electron chi connectivity index (χ4n) is 2.57. The van der Waals surface area contributed by atoms with Crippen LogP contribution in [0.4, 0.5) is 5.69 Å². The normalized spacial score (nSPS) is 22.8. The van der Waals surface area contributed by atoms with Gasteiger partial charge in [0.15, 0.2) is 0 Å². The number of likely N-dealkylation sites (tertiary alicyclic amines) is 1. The summed E-state index contributed by atoms with van der Waals surface area (Å²) in [6.45, 7) is 3.73. The van der Waals surface area contributed by atoms with Crippen molar-refractivity contribution in [3.05, 3.63) is 24.3 Å². The summed E-state index contributed by atoms with van der Waals surface area (Å²) in [5, 5.41) is 3.58. The van der Waals surface area contributed by atoms with Crippen molar-refractivity contribution >= 4 is 11.6 Å². The van der Waals surface area contributed by atoms with Gasteiger partial charge in [0.25, 0.3) is 0 Å². The number of carbonyl (C=O) groups is 1. The van der Waals surface area contributed by atoms with Crippen molar-refractivity contribution in [3.63, 3.8) is 0 Å². The SMILES string of the molecule is CC1CC(Nc2ccc(OCCC(N)=O)cc2)CCN1C. The fraction of sp³-hybridized carbons (Fsp3) is 0.562. The lowest BCUT2D eigenvalue weighted by atomic mass is 9.99. The number of piperidine rings is 1. The van der Waals surface area contributed by atoms with Gasteiger partial charge in [-0.2, -0.15) is 0 Å². The Morgan fingerprint density at radius 1 is 1.43 bits per heavy atom. The number of benzene rings is 1. The summed E-state index contributed by atoms with van der Waals surface area (Å²) in [4.78, 5) is 13.0. The van der Waals surface area contributed by atoms with E-state index in [1.54, 1.807) is 0 Å². The van der Waals surface area contributed by atoms with Gasteiger partial charge in [0, 0.05) is 24.3 Å². The first-order valence-electron chi connectivity index (χ1n) is 7.52. The van der Waals surface area contributed by atoms with E-state index in [1.165, 1.54) is 0 Å². The van der Waals surface area contributed by atoms with E-state index in [1.807, 2.05) is 24.3 Å². The summed E-state index contributed by atoms with van der Waals surface area (Å²) in [5.41, 5.74) is 6.18. The largest absolute Gasteiger partial charge is 0.493 e. The molecule has 0 bridgehead atoms. The van der Waals surface area contributed by atoms with Crippen molar-refractivity contribution in [3.8, 4) is 5.75 Å². The zero-order valence-corrected chi connectivity index (χ0v) is 12.8. The highest BCUT2D eigenvalue weighted by Crippen LogP contribution is 2.21. The molecule has 1 saturated heterocycles. The van der Waals surface area contributed by atoms with Crippen molar-refractivity contribution in [2.75, 3.05) is 25.5 Å². The second kappa shape index (κ2) is 7.31. The van der Waals surface area contributed by atoms with Crippen LogP contribution in [0.1, 0.15) is 26.2 Å². The van der Waals surface area contributed by atoms with Crippen molar-refractivity contribution in [2.24, 2.45) is 5.73 Å². The summed E-state index contributed by atoms with van der Waals surface area (Å²) in [5.74, 6) is 0.420. The van der Waals surface area contributed by atoms with Crippen LogP contribution in [-0.2, 0) is 4.79 Å². The van der Waals surface area contributed by atoms with Gasteiger partial charge in [-0.1, -0.05) is 0 Å². The highest BCUT2D eigenvalue weighted by molar-refractivity contribution is 5.73. The molecule has 2 unspecified atom stereocenters. The number of rotatable bonds is 6. The van der Waals surface area contributed by atoms with Gasteiger partial charge in [0.1, 0.15) is 5.75 Å². The molecule has 1 aromatic rings. The van der Waals surface area contributed by atoms with Crippen LogP contribution >= 0.6 is 0 Å². The first-order valence-corrected chi connectivity index (χ1v) is 7.52. The van der Waals surface area contributed by atoms with Gasteiger partial charge in [0.2, 0.25) is 5.91 Å². The van der Waals surface area contributed by atoms with Crippen LogP contribution in [0.5, 0.6) is 5.75 Å². The minimum Gasteiger partial charge on any atom is -0.493 e. The summed E-state index contributed by atoms with van der Waals surface area (Å²) in [7, 11) is 2.18. The van der Waals surface area contributed by atoms with Gasteiger partial charge in [-0.3, -0.25) is 4.79 Å². The second-order valence-electron chi connectivity index (χ2n) is 5.78. The number of anilines is 1. The van der Waals surface area contributed by atoms with Gasteiger partial charge in [-0.25, -0.2) is 0 Å². The molecule has 0 saturated carbocycles. The maximum absolute atomic E-state index is 10.6. The van der Waals surface area contributed by atoms with Gasteiger partial charge < -0.3 is 20.7 Å². The number of hydrogen-bond donors (Lipinski definition) is 2. The number of ether oxygens (including phenoxy) is 1. The van der Waals surface area contributed by atoms with E-state index in [0.29, 0.717) is 18.7 Å². The Kier molecular flexibility index (Phi) is 5.44. The molecule has 116 valence electrons. The summed E-state index contributed by atoms with van der Waals surface area (Å²) >= 11 is 0. The number of nitrogens with zero attached hydrogens (tertiary/aromatic N) is 1. The zero-order chi connectivity index (χ0) is 15.2. The topological polar surface area (TPSA) is 67.6 Å². The van der Waals surface area contributed by atoms with Gasteiger partial charge in [-0.15, -0.1) is 0 Å². The highest BCUT2D eigenvalue weighted by atomic mass is 16.5. The van der Waals surface area contributed by atoms with Crippen LogP contribution in [0.2, 0.25) is 0 Å². The quantitative estimate of drug-likeness (QED) is 0.839. The van der Waals surface area contributed by atoms with Crippen LogP contribution in [0.3, 0.4) is 0 Å². The van der Waals surface area contributed by atoms with E-state index < -0.39 is 0 Å². The van der Waals surface area contributed by atoms with E-state index in [-0.39, 0.29) is 12.3 Å². The first kappa shape index (κ1) is 15.6. The molecule has 1 aliphatic heterocycles. The number of nitrogens with one attached hydrogen (secondary N) is 1. The Bertz CT molecular complexity index is 461. The molecule has 0 radical (unpaired) electrons. The molecule has 0 aromatic heterocycles. The number of nitrogens with two attached hydrogens (primary N) is 1. The monoisotopic (exact) mass is 291 g/mol. The van der Waals surface area contributed by atoms with Crippen molar-refractivity contribution in [1.29, 1.82) is 0 Å². The number of hydrogen-bond acceptors (Lipinski definition) is 4. The third-order valence-electron chi connectivity index (χ3n) is 4.05. The van der Waals surface area contributed by atoms with Gasteiger partial charge in [-0.05, 0) is 51.1 Å². The standard InChI is InChI=1S/C16H25N3O2/c1-12-11-14(7-9-19(12)2)18-13-3-5-15(6-4-13)21-10-8-16(17)20/h3-6,12,14,18H,7-11H2,1-2H3,(H2,17,20). The lowest BCUT2D eigenvalue weighted by molar-refractivity contribution is -0.118. The molecule has 1 aliphatic rings. The van der Waals surface area contributed by atoms with Crippen molar-refractivity contribution in [1.82, 2.24) is 4.90 Å². The van der Waals surface area contributed by atoms with Crippen LogP contribution in [0.15, 0.2) is 24.3 Å². The Balaban J connectivity index is 1.81. The summed E-state index contributed by atoms with van der Waals surface area (Å²) < 4.78 is 5.46. The Morgan fingerprint density at radius 3 is 2.76 bits per heavy atom. The highest BCUT2D eigenvalue weighted by Gasteiger charge is 2.22. The van der Waals surface area contributed by atoms with Crippen molar-refractivity contribution < 1.29 is 9.53 Å². The Morgan fingerprint density at radius 2 is 2.14 bits per heavy atom. The Labute approximate surface area is 126 Å². The van der Waals surface area contributed by atoms with Crippen LogP contribution in [0, 0.1) is 0 Å². The molecule has 21 heavy (non-hydrogen) atoms. The van der Waals surface area contributed by atoms with Gasteiger partial charge in [0.05, 0.1) is 13.0 Å². The molecule has 1 aromatic carbocycles. The fourth-order valence-corrected chi connectivity index (χ4v) is 2.57. The smallest absolute Gasteiger partial charge is 0.220 e. The number of carbonyl (C=O) groups excluding carboxylic acids is 1. The predicted octanol–water partition coefficient (Wildman–Crippen LogP) is 1.84. The molecular formula is C16H25N3O2. The summed E-state index contributed by atoms with van der Waals surface area (Å²) in [6.07, 6.45) is 2.57. The van der Waals surface area contributed by atoms with Crippen LogP contribution in [-0.4, -0.2) is 43.1 Å². The molecule has 2 atom stereocenters. The van der Waals surface area contributed by atoms with Gasteiger partial charge >= 0.3 is 0 Å². The molecule has 1 heterocycles. The van der Waals surface area contributed by atoms with E-state index in [4.69, 9.17) is 10.5 Å². The van der Waals surface area contributed by atoms with E-state index in [9.17, 15) is 4.79 Å². The maximum atomic E-state index is 10.6. The average molecular weight is 291 g/mol. The lowest BCUT2D eigenvalue weighted by Crippen LogP contribution is -2.42. The van der Waals surface area contributed by atoms with E-state index >= 15 is 0 Å². The molecule has 5 heteroatoms. The minimum absolute atomic E-state index is 0.244. The molecular weight excluding hydrogens is 266 g/mol. The zero-order valence-electron chi connectivity index (χ0n) is 12.8. The molecule has 5 nitrogen and oxygen atoms in total. The second-order valence-corrected chi connectivity index (χ2v) is 5.78. The predicted molar refractivity (Wildman–Crippen MR) is 84.5 cm³/mol. The van der Waals surface area contributed by atoms with E-state index in [0.717, 1.165) is 30.8 Å². The first-order chi connectivity index (χ1) is 10.0. The third-order valence-corrected chi connectivity index (χ3v) is 4.05. The maximum Gasteiger partial charge on any atom is 0.220 e. The molecule has 1 amide bonds. The average Bonchev–Trinajstić information content (AvgIpc) is 2.44. The lowest BCUT2D eigenvalue weighted by Gasteiger charge is -2.35. The third kappa shape index (κ3) is 4.93. The minimum atomic E-state index is -0.343.